The molecule has 1 aromatic carbocycles. The molecule has 3 amide bonds. The van der Waals surface area contributed by atoms with Crippen molar-refractivity contribution in [3.63, 3.8) is 0 Å². The van der Waals surface area contributed by atoms with Crippen molar-refractivity contribution in [2.45, 2.75) is 26.7 Å². The number of hydrogen-bond donors (Lipinski definition) is 2. The summed E-state index contributed by atoms with van der Waals surface area (Å²) in [7, 11) is 1.69. The van der Waals surface area contributed by atoms with Crippen LogP contribution in [0.1, 0.15) is 26.7 Å². The van der Waals surface area contributed by atoms with Gasteiger partial charge in [0.05, 0.1) is 12.2 Å². The number of carbonyl (C=O) groups is 3. The van der Waals surface area contributed by atoms with Gasteiger partial charge in [-0.25, -0.2) is 9.97 Å². The topological polar surface area (TPSA) is 104 Å². The van der Waals surface area contributed by atoms with Crippen molar-refractivity contribution < 1.29 is 14.4 Å². The fourth-order valence-corrected chi connectivity index (χ4v) is 4.66. The van der Waals surface area contributed by atoms with E-state index < -0.39 is 0 Å². The lowest BCUT2D eigenvalue weighted by atomic mass is 10.0. The van der Waals surface area contributed by atoms with Crippen LogP contribution >= 0.6 is 11.3 Å². The van der Waals surface area contributed by atoms with Gasteiger partial charge in [0.1, 0.15) is 5.82 Å². The largest absolute Gasteiger partial charge is 0.343 e. The second-order valence-electron chi connectivity index (χ2n) is 8.76. The van der Waals surface area contributed by atoms with Gasteiger partial charge in [-0.05, 0) is 41.7 Å². The van der Waals surface area contributed by atoms with Gasteiger partial charge in [0.25, 0.3) is 5.91 Å². The van der Waals surface area contributed by atoms with Crippen molar-refractivity contribution in [3.8, 4) is 22.4 Å². The maximum Gasteiger partial charge on any atom is 0.251 e. The molecule has 8 nitrogen and oxygen atoms in total. The Kier molecular flexibility index (Phi) is 8.25. The van der Waals surface area contributed by atoms with E-state index in [-0.39, 0.29) is 30.2 Å². The number of allylic oxidation sites excluding steroid dienone is 2. The van der Waals surface area contributed by atoms with Crippen LogP contribution in [0.2, 0.25) is 0 Å². The summed E-state index contributed by atoms with van der Waals surface area (Å²) < 4.78 is 0. The summed E-state index contributed by atoms with van der Waals surface area (Å²) in [4.78, 5) is 46.7. The van der Waals surface area contributed by atoms with Crippen molar-refractivity contribution in [1.82, 2.24) is 15.3 Å². The number of anilines is 2. The molecule has 37 heavy (non-hydrogen) atoms. The summed E-state index contributed by atoms with van der Waals surface area (Å²) >= 11 is 1.32. The Morgan fingerprint density at radius 1 is 1.11 bits per heavy atom. The summed E-state index contributed by atoms with van der Waals surface area (Å²) in [5, 5.41) is 7.75. The average Bonchev–Trinajstić information content (AvgIpc) is 3.57. The fraction of sp³-hybridized carbons (Fsp3) is 0.250. The molecule has 0 fully saturated rings. The van der Waals surface area contributed by atoms with E-state index in [0.717, 1.165) is 35.2 Å². The van der Waals surface area contributed by atoms with Crippen molar-refractivity contribution in [2.75, 3.05) is 23.8 Å². The van der Waals surface area contributed by atoms with Crippen LogP contribution in [0.5, 0.6) is 0 Å². The van der Waals surface area contributed by atoms with Gasteiger partial charge in [-0.3, -0.25) is 14.4 Å². The molecule has 0 bridgehead atoms. The Bertz CT molecular complexity index is 1380. The minimum atomic E-state index is -0.338. The smallest absolute Gasteiger partial charge is 0.251 e. The second-order valence-corrected chi connectivity index (χ2v) is 9.62. The lowest BCUT2D eigenvalue weighted by molar-refractivity contribution is -0.121. The maximum absolute atomic E-state index is 12.4. The van der Waals surface area contributed by atoms with E-state index in [1.165, 1.54) is 23.2 Å². The van der Waals surface area contributed by atoms with Gasteiger partial charge in [0.2, 0.25) is 11.8 Å². The maximum atomic E-state index is 12.4. The fourth-order valence-electron chi connectivity index (χ4n) is 3.92. The summed E-state index contributed by atoms with van der Waals surface area (Å²) in [6.07, 6.45) is 9.49. The highest BCUT2D eigenvalue weighted by molar-refractivity contribution is 7.14. The van der Waals surface area contributed by atoms with Crippen LogP contribution in [-0.2, 0) is 14.4 Å². The first-order chi connectivity index (χ1) is 17.8. The highest BCUT2D eigenvalue weighted by Crippen LogP contribution is 2.30. The minimum absolute atomic E-state index is 0.0944. The van der Waals surface area contributed by atoms with Crippen LogP contribution < -0.4 is 15.5 Å². The first-order valence-electron chi connectivity index (χ1n) is 12.1. The van der Waals surface area contributed by atoms with Crippen molar-refractivity contribution in [3.05, 3.63) is 71.8 Å². The zero-order valence-corrected chi connectivity index (χ0v) is 21.8. The lowest BCUT2D eigenvalue weighted by Crippen LogP contribution is -2.33. The van der Waals surface area contributed by atoms with E-state index in [2.05, 4.69) is 27.5 Å². The summed E-state index contributed by atoms with van der Waals surface area (Å²) in [6.45, 7) is 3.47. The normalized spacial score (nSPS) is 14.2. The van der Waals surface area contributed by atoms with E-state index in [0.29, 0.717) is 16.5 Å². The summed E-state index contributed by atoms with van der Waals surface area (Å²) in [6, 6.07) is 11.6. The first kappa shape index (κ1) is 26.0. The van der Waals surface area contributed by atoms with E-state index in [1.807, 2.05) is 60.0 Å². The Morgan fingerprint density at radius 3 is 2.68 bits per heavy atom. The van der Waals surface area contributed by atoms with Crippen molar-refractivity contribution in [2.24, 2.45) is 5.92 Å². The van der Waals surface area contributed by atoms with Crippen LogP contribution in [0.25, 0.3) is 22.4 Å². The number of aromatic nitrogens is 2. The van der Waals surface area contributed by atoms with Gasteiger partial charge in [-0.2, -0.15) is 0 Å². The highest BCUT2D eigenvalue weighted by atomic mass is 32.1. The molecule has 0 radical (unpaired) electrons. The van der Waals surface area contributed by atoms with E-state index in [1.54, 1.807) is 13.2 Å². The van der Waals surface area contributed by atoms with Gasteiger partial charge < -0.3 is 15.5 Å². The molecule has 3 aromatic rings. The molecular weight excluding hydrogens is 486 g/mol. The average molecular weight is 516 g/mol. The molecular formula is C28H29N5O3S. The third kappa shape index (κ3) is 6.56. The van der Waals surface area contributed by atoms with Gasteiger partial charge in [0, 0.05) is 36.7 Å². The van der Waals surface area contributed by atoms with Crippen LogP contribution in [-0.4, -0.2) is 41.3 Å². The monoisotopic (exact) mass is 515 g/mol. The number of pyridine rings is 1. The molecule has 0 aliphatic heterocycles. The number of amides is 3. The van der Waals surface area contributed by atoms with Crippen molar-refractivity contribution >= 4 is 40.0 Å². The molecule has 0 saturated heterocycles. The van der Waals surface area contributed by atoms with E-state index >= 15 is 0 Å². The standard InChI is InChI=1S/C28H29N5O3S/c1-4-6-19-9-10-23(13-19)27(36)30-16-26(35)32-28-31-24(17-37-28)22-8-5-7-20(14-22)21-11-12-29-25(15-21)33(3)18(2)34/h5,7-15,17,19H,4,6,16H2,1-3H3,(H,30,36)(H,31,32,35). The molecule has 2 aromatic heterocycles. The molecule has 2 heterocycles. The highest BCUT2D eigenvalue weighted by Gasteiger charge is 2.16. The second kappa shape index (κ2) is 11.7. The number of hydrogen-bond acceptors (Lipinski definition) is 6. The van der Waals surface area contributed by atoms with Gasteiger partial charge in [-0.1, -0.05) is 49.8 Å². The van der Waals surface area contributed by atoms with Crippen molar-refractivity contribution in [1.29, 1.82) is 0 Å². The number of nitrogens with zero attached hydrogens (tertiary/aromatic N) is 3. The van der Waals surface area contributed by atoms with Crippen LogP contribution in [0.15, 0.2) is 71.8 Å². The van der Waals surface area contributed by atoms with Crippen LogP contribution in [0, 0.1) is 5.92 Å². The Morgan fingerprint density at radius 2 is 1.89 bits per heavy atom. The van der Waals surface area contributed by atoms with E-state index in [9.17, 15) is 14.4 Å². The van der Waals surface area contributed by atoms with Gasteiger partial charge in [0.15, 0.2) is 5.13 Å². The molecule has 9 heteroatoms. The van der Waals surface area contributed by atoms with Gasteiger partial charge >= 0.3 is 0 Å². The van der Waals surface area contributed by atoms with Gasteiger partial charge in [-0.15, -0.1) is 11.3 Å². The SMILES string of the molecule is CCCC1C=CC(C(=O)NCC(=O)Nc2nc(-c3cccc(-c4ccnc(N(C)C(C)=O)c4)c3)cs2)=C1. The Labute approximate surface area is 220 Å². The molecule has 1 aliphatic carbocycles. The quantitative estimate of drug-likeness (QED) is 0.425. The number of nitrogens with one attached hydrogen (secondary N) is 2. The molecule has 1 unspecified atom stereocenters. The van der Waals surface area contributed by atoms with Crippen LogP contribution in [0.3, 0.4) is 0 Å². The third-order valence-corrected chi connectivity index (χ3v) is 6.77. The molecule has 0 saturated carbocycles. The zero-order valence-electron chi connectivity index (χ0n) is 21.0. The van der Waals surface area contributed by atoms with Crippen LogP contribution in [0.4, 0.5) is 10.9 Å². The molecule has 0 spiro atoms. The number of thiazole rings is 1. The molecule has 190 valence electrons. The number of carbonyl (C=O) groups excluding carboxylic acids is 3. The Balaban J connectivity index is 1.38. The lowest BCUT2D eigenvalue weighted by Gasteiger charge is -2.14. The molecule has 1 aliphatic rings. The predicted molar refractivity (Wildman–Crippen MR) is 147 cm³/mol. The number of benzene rings is 1. The molecule has 2 N–H and O–H groups in total. The third-order valence-electron chi connectivity index (χ3n) is 6.01. The predicted octanol–water partition coefficient (Wildman–Crippen LogP) is 4.82. The van der Waals surface area contributed by atoms with E-state index in [4.69, 9.17) is 0 Å². The zero-order chi connectivity index (χ0) is 26.4. The summed E-state index contributed by atoms with van der Waals surface area (Å²) in [5.41, 5.74) is 4.09. The first-order valence-corrected chi connectivity index (χ1v) is 13.0. The number of rotatable bonds is 9. The molecule has 4 rings (SSSR count). The molecule has 1 atom stereocenters. The Hall–Kier alpha value is -4.11. The minimum Gasteiger partial charge on any atom is -0.343 e. The summed E-state index contributed by atoms with van der Waals surface area (Å²) in [5.74, 6) is 0.171.